The second-order valence-electron chi connectivity index (χ2n) is 4.33. The summed E-state index contributed by atoms with van der Waals surface area (Å²) in [6, 6.07) is 4.77. The average molecular weight is 235 g/mol. The van der Waals surface area contributed by atoms with E-state index in [9.17, 15) is 4.39 Å². The summed E-state index contributed by atoms with van der Waals surface area (Å²) in [7, 11) is 2.09. The zero-order valence-corrected chi connectivity index (χ0v) is 10.4. The fourth-order valence-electron chi connectivity index (χ4n) is 2.13. The summed E-state index contributed by atoms with van der Waals surface area (Å²) >= 11 is 0. The number of nitrogens with zero attached hydrogens (tertiary/aromatic N) is 1. The van der Waals surface area contributed by atoms with Crippen LogP contribution in [0.15, 0.2) is 24.3 Å². The predicted molar refractivity (Wildman–Crippen MR) is 67.7 cm³/mol. The molecule has 92 valence electrons. The Kier molecular flexibility index (Phi) is 3.79. The highest BCUT2D eigenvalue weighted by molar-refractivity contribution is 5.72. The van der Waals surface area contributed by atoms with Crippen molar-refractivity contribution >= 4 is 5.57 Å². The van der Waals surface area contributed by atoms with Crippen LogP contribution in [-0.4, -0.2) is 31.6 Å². The van der Waals surface area contributed by atoms with E-state index in [2.05, 4.69) is 18.0 Å². The fourth-order valence-corrected chi connectivity index (χ4v) is 2.13. The van der Waals surface area contributed by atoms with Crippen molar-refractivity contribution in [3.05, 3.63) is 35.7 Å². The van der Waals surface area contributed by atoms with E-state index in [1.165, 1.54) is 17.7 Å². The zero-order valence-electron chi connectivity index (χ0n) is 10.4. The quantitative estimate of drug-likeness (QED) is 0.798. The highest BCUT2D eigenvalue weighted by Gasteiger charge is 2.14. The lowest BCUT2D eigenvalue weighted by Crippen LogP contribution is -2.25. The topological polar surface area (TPSA) is 12.5 Å². The van der Waals surface area contributed by atoms with Crippen LogP contribution in [0.1, 0.15) is 18.9 Å². The summed E-state index contributed by atoms with van der Waals surface area (Å²) < 4.78 is 18.7. The van der Waals surface area contributed by atoms with E-state index in [-0.39, 0.29) is 5.82 Å². The van der Waals surface area contributed by atoms with Gasteiger partial charge in [0.2, 0.25) is 0 Å². The number of hydrogen-bond donors (Lipinski definition) is 0. The predicted octanol–water partition coefficient (Wildman–Crippen LogP) is 2.94. The van der Waals surface area contributed by atoms with Crippen LogP contribution in [0.5, 0.6) is 5.75 Å². The molecule has 0 unspecified atom stereocenters. The second kappa shape index (κ2) is 5.32. The van der Waals surface area contributed by atoms with Gasteiger partial charge in [-0.2, -0.15) is 0 Å². The van der Waals surface area contributed by atoms with Gasteiger partial charge in [-0.15, -0.1) is 0 Å². The first-order valence-electron chi connectivity index (χ1n) is 6.01. The van der Waals surface area contributed by atoms with Crippen molar-refractivity contribution in [3.63, 3.8) is 0 Å². The molecule has 0 aromatic heterocycles. The fraction of sp³-hybridized carbons (Fsp3) is 0.429. The van der Waals surface area contributed by atoms with Crippen molar-refractivity contribution in [2.75, 3.05) is 26.7 Å². The summed E-state index contributed by atoms with van der Waals surface area (Å²) in [5.41, 5.74) is 2.24. The van der Waals surface area contributed by atoms with Gasteiger partial charge in [-0.3, -0.25) is 0 Å². The SMILES string of the molecule is CCOc1cc(F)ccc1C1=CCCN(C)C1. The lowest BCUT2D eigenvalue weighted by atomic mass is 10.0. The third kappa shape index (κ3) is 2.86. The van der Waals surface area contributed by atoms with Gasteiger partial charge >= 0.3 is 0 Å². The Labute approximate surface area is 102 Å². The molecule has 1 aliphatic rings. The molecule has 0 aliphatic carbocycles. The summed E-state index contributed by atoms with van der Waals surface area (Å²) in [6.07, 6.45) is 3.25. The van der Waals surface area contributed by atoms with E-state index in [4.69, 9.17) is 4.74 Å². The van der Waals surface area contributed by atoms with Gasteiger partial charge in [0.25, 0.3) is 0 Å². The molecule has 17 heavy (non-hydrogen) atoms. The zero-order chi connectivity index (χ0) is 12.3. The van der Waals surface area contributed by atoms with Gasteiger partial charge in [-0.1, -0.05) is 6.08 Å². The number of benzene rings is 1. The van der Waals surface area contributed by atoms with Crippen LogP contribution >= 0.6 is 0 Å². The number of ether oxygens (including phenoxy) is 1. The van der Waals surface area contributed by atoms with Crippen LogP contribution in [0.25, 0.3) is 5.57 Å². The number of rotatable bonds is 3. The van der Waals surface area contributed by atoms with Crippen LogP contribution in [0.3, 0.4) is 0 Å². The molecule has 0 fully saturated rings. The molecule has 2 rings (SSSR count). The highest BCUT2D eigenvalue weighted by Crippen LogP contribution is 2.29. The molecule has 0 bridgehead atoms. The Hall–Kier alpha value is -1.35. The lowest BCUT2D eigenvalue weighted by Gasteiger charge is -2.24. The van der Waals surface area contributed by atoms with E-state index in [1.54, 1.807) is 0 Å². The molecule has 0 spiro atoms. The molecule has 0 saturated carbocycles. The molecule has 2 nitrogen and oxygen atoms in total. The maximum Gasteiger partial charge on any atom is 0.129 e. The normalized spacial score (nSPS) is 16.8. The van der Waals surface area contributed by atoms with Gasteiger partial charge in [0.15, 0.2) is 0 Å². The molecular weight excluding hydrogens is 217 g/mol. The molecule has 1 aromatic carbocycles. The molecule has 0 radical (unpaired) electrons. The smallest absolute Gasteiger partial charge is 0.129 e. The van der Waals surface area contributed by atoms with Crippen molar-refractivity contribution in [2.24, 2.45) is 0 Å². The maximum atomic E-state index is 13.2. The van der Waals surface area contributed by atoms with E-state index in [0.29, 0.717) is 12.4 Å². The van der Waals surface area contributed by atoms with Crippen LogP contribution < -0.4 is 4.74 Å². The Balaban J connectivity index is 2.33. The molecule has 1 aliphatic heterocycles. The van der Waals surface area contributed by atoms with Gasteiger partial charge in [0.05, 0.1) is 6.61 Å². The molecule has 0 amide bonds. The minimum atomic E-state index is -0.248. The molecular formula is C14H18FNO. The second-order valence-corrected chi connectivity index (χ2v) is 4.33. The Morgan fingerprint density at radius 3 is 2.94 bits per heavy atom. The first-order chi connectivity index (χ1) is 8.20. The largest absolute Gasteiger partial charge is 0.493 e. The van der Waals surface area contributed by atoms with Gasteiger partial charge < -0.3 is 9.64 Å². The first kappa shape index (κ1) is 12.1. The summed E-state index contributed by atoms with van der Waals surface area (Å²) in [5.74, 6) is 0.399. The van der Waals surface area contributed by atoms with Gasteiger partial charge in [-0.25, -0.2) is 4.39 Å². The molecule has 0 N–H and O–H groups in total. The average Bonchev–Trinajstić information content (AvgIpc) is 2.29. The van der Waals surface area contributed by atoms with E-state index < -0.39 is 0 Å². The molecule has 3 heteroatoms. The molecule has 1 heterocycles. The van der Waals surface area contributed by atoms with Gasteiger partial charge in [0, 0.05) is 24.7 Å². The minimum Gasteiger partial charge on any atom is -0.493 e. The summed E-state index contributed by atoms with van der Waals surface area (Å²) in [4.78, 5) is 2.26. The van der Waals surface area contributed by atoms with Crippen molar-refractivity contribution in [3.8, 4) is 5.75 Å². The Morgan fingerprint density at radius 2 is 2.24 bits per heavy atom. The standard InChI is InChI=1S/C14H18FNO/c1-3-17-14-9-12(15)6-7-13(14)11-5-4-8-16(2)10-11/h5-7,9H,3-4,8,10H2,1-2H3. The lowest BCUT2D eigenvalue weighted by molar-refractivity contribution is 0.335. The third-order valence-electron chi connectivity index (χ3n) is 2.93. The van der Waals surface area contributed by atoms with E-state index in [0.717, 1.165) is 25.1 Å². The Bertz CT molecular complexity index is 428. The number of halogens is 1. The maximum absolute atomic E-state index is 13.2. The number of likely N-dealkylation sites (N-methyl/N-ethyl adjacent to an activating group) is 1. The van der Waals surface area contributed by atoms with Crippen molar-refractivity contribution in [2.45, 2.75) is 13.3 Å². The van der Waals surface area contributed by atoms with Gasteiger partial charge in [-0.05, 0) is 38.1 Å². The van der Waals surface area contributed by atoms with E-state index >= 15 is 0 Å². The monoisotopic (exact) mass is 235 g/mol. The number of hydrogen-bond acceptors (Lipinski definition) is 2. The molecule has 0 atom stereocenters. The van der Waals surface area contributed by atoms with Crippen LogP contribution in [0.2, 0.25) is 0 Å². The van der Waals surface area contributed by atoms with Crippen LogP contribution in [0.4, 0.5) is 4.39 Å². The van der Waals surface area contributed by atoms with Crippen LogP contribution in [-0.2, 0) is 0 Å². The van der Waals surface area contributed by atoms with Crippen LogP contribution in [0, 0.1) is 5.82 Å². The van der Waals surface area contributed by atoms with E-state index in [1.807, 2.05) is 13.0 Å². The third-order valence-corrected chi connectivity index (χ3v) is 2.93. The summed E-state index contributed by atoms with van der Waals surface area (Å²) in [5, 5.41) is 0. The minimum absolute atomic E-state index is 0.248. The first-order valence-corrected chi connectivity index (χ1v) is 6.01. The Morgan fingerprint density at radius 1 is 1.41 bits per heavy atom. The molecule has 0 saturated heterocycles. The van der Waals surface area contributed by atoms with Crippen molar-refractivity contribution in [1.29, 1.82) is 0 Å². The van der Waals surface area contributed by atoms with Gasteiger partial charge in [0.1, 0.15) is 11.6 Å². The summed E-state index contributed by atoms with van der Waals surface area (Å²) in [6.45, 7) is 4.44. The highest BCUT2D eigenvalue weighted by atomic mass is 19.1. The van der Waals surface area contributed by atoms with Crippen molar-refractivity contribution in [1.82, 2.24) is 4.90 Å². The molecule has 1 aromatic rings. The van der Waals surface area contributed by atoms with Crippen molar-refractivity contribution < 1.29 is 9.13 Å².